The molecular weight excluding hydrogens is 392 g/mol. The smallest absolute Gasteiger partial charge is 0.335 e. The predicted octanol–water partition coefficient (Wildman–Crippen LogP) is 4.12. The number of carbonyl (C=O) groups is 1. The van der Waals surface area contributed by atoms with Gasteiger partial charge in [-0.05, 0) is 53.6 Å². The number of hydrogen-bond donors (Lipinski definition) is 2. The van der Waals surface area contributed by atoms with E-state index in [0.717, 1.165) is 11.3 Å². The van der Waals surface area contributed by atoms with Crippen LogP contribution in [0.4, 0.5) is 0 Å². The number of aromatic hydroxyl groups is 1. The van der Waals surface area contributed by atoms with Crippen molar-refractivity contribution in [1.29, 1.82) is 0 Å². The first-order valence-corrected chi connectivity index (χ1v) is 9.05. The minimum Gasteiger partial charge on any atom is -0.508 e. The van der Waals surface area contributed by atoms with Crippen LogP contribution < -0.4 is 0 Å². The van der Waals surface area contributed by atoms with Crippen LogP contribution in [0.25, 0.3) is 5.57 Å². The molecule has 0 radical (unpaired) electrons. The van der Waals surface area contributed by atoms with Crippen LogP contribution in [0.3, 0.4) is 0 Å². The van der Waals surface area contributed by atoms with Gasteiger partial charge >= 0.3 is 5.97 Å². The second-order valence-electron chi connectivity index (χ2n) is 6.47. The Balaban J connectivity index is 2.07. The van der Waals surface area contributed by atoms with Crippen LogP contribution in [0.15, 0.2) is 59.4 Å². The molecular formula is C22H17ClN2O4. The Morgan fingerprint density at radius 2 is 1.90 bits per heavy atom. The second kappa shape index (κ2) is 8.63. The molecule has 3 rings (SSSR count). The summed E-state index contributed by atoms with van der Waals surface area (Å²) in [6, 6.07) is 9.26. The molecule has 1 heterocycles. The molecule has 146 valence electrons. The number of aromatic carboxylic acids is 1. The molecule has 2 aromatic carbocycles. The molecule has 0 saturated carbocycles. The van der Waals surface area contributed by atoms with Gasteiger partial charge in [0.25, 0.3) is 0 Å². The fourth-order valence-electron chi connectivity index (χ4n) is 2.94. The number of nitrogens with zero attached hydrogens (tertiary/aromatic N) is 2. The van der Waals surface area contributed by atoms with Crippen molar-refractivity contribution in [2.45, 2.75) is 0 Å². The predicted molar refractivity (Wildman–Crippen MR) is 112 cm³/mol. The molecule has 0 fully saturated rings. The SMILES string of the molecule is CN1CC(c2cc(C(=O)O)ccc2C#Cc2ccc(O)cc2Cl)=CC=C1CN=O. The number of phenols is 1. The summed E-state index contributed by atoms with van der Waals surface area (Å²) in [6.45, 7) is 0.556. The number of phenolic OH excluding ortho intramolecular Hbond substituents is 1. The summed E-state index contributed by atoms with van der Waals surface area (Å²) in [7, 11) is 1.84. The number of carboxylic acids is 1. The maximum atomic E-state index is 11.4. The normalized spacial score (nSPS) is 13.1. The van der Waals surface area contributed by atoms with Crippen LogP contribution in [0, 0.1) is 16.7 Å². The van der Waals surface area contributed by atoms with Gasteiger partial charge in [-0.25, -0.2) is 4.79 Å². The van der Waals surface area contributed by atoms with Crippen LogP contribution >= 0.6 is 11.6 Å². The van der Waals surface area contributed by atoms with Crippen molar-refractivity contribution in [2.75, 3.05) is 20.1 Å². The lowest BCUT2D eigenvalue weighted by atomic mass is 9.94. The molecule has 29 heavy (non-hydrogen) atoms. The van der Waals surface area contributed by atoms with Crippen molar-refractivity contribution < 1.29 is 15.0 Å². The number of nitroso groups, excluding NO2 is 1. The average Bonchev–Trinajstić information content (AvgIpc) is 2.69. The number of halogens is 1. The van der Waals surface area contributed by atoms with Gasteiger partial charge in [0.05, 0.1) is 10.6 Å². The summed E-state index contributed by atoms with van der Waals surface area (Å²) in [5.41, 5.74) is 3.68. The van der Waals surface area contributed by atoms with Crippen LogP contribution in [0.2, 0.25) is 5.02 Å². The van der Waals surface area contributed by atoms with Crippen molar-refractivity contribution in [2.24, 2.45) is 5.18 Å². The largest absolute Gasteiger partial charge is 0.508 e. The van der Waals surface area contributed by atoms with E-state index in [1.165, 1.54) is 18.2 Å². The number of benzene rings is 2. The van der Waals surface area contributed by atoms with Gasteiger partial charge in [-0.2, -0.15) is 4.91 Å². The Morgan fingerprint density at radius 1 is 1.17 bits per heavy atom. The fraction of sp³-hybridized carbons (Fsp3) is 0.136. The molecule has 2 N–H and O–H groups in total. The average molecular weight is 409 g/mol. The van der Waals surface area contributed by atoms with E-state index in [1.807, 2.05) is 18.0 Å². The van der Waals surface area contributed by atoms with E-state index in [9.17, 15) is 19.9 Å². The monoisotopic (exact) mass is 408 g/mol. The first-order valence-electron chi connectivity index (χ1n) is 8.67. The van der Waals surface area contributed by atoms with Crippen molar-refractivity contribution in [3.63, 3.8) is 0 Å². The summed E-state index contributed by atoms with van der Waals surface area (Å²) < 4.78 is 0. The van der Waals surface area contributed by atoms with Crippen molar-refractivity contribution in [3.8, 4) is 17.6 Å². The molecule has 0 atom stereocenters. The first kappa shape index (κ1) is 20.2. The minimum absolute atomic E-state index is 0.0508. The van der Waals surface area contributed by atoms with E-state index in [2.05, 4.69) is 17.0 Å². The number of likely N-dealkylation sites (N-methyl/N-ethyl adjacent to an activating group) is 1. The van der Waals surface area contributed by atoms with Crippen LogP contribution in [-0.2, 0) is 0 Å². The van der Waals surface area contributed by atoms with Crippen molar-refractivity contribution >= 4 is 23.1 Å². The third kappa shape index (κ3) is 4.65. The molecule has 1 aliphatic heterocycles. The van der Waals surface area contributed by atoms with Crippen LogP contribution in [-0.4, -0.2) is 41.2 Å². The van der Waals surface area contributed by atoms with Gasteiger partial charge in [0.1, 0.15) is 12.3 Å². The van der Waals surface area contributed by atoms with Gasteiger partial charge in [0, 0.05) is 30.4 Å². The molecule has 0 spiro atoms. The van der Waals surface area contributed by atoms with E-state index >= 15 is 0 Å². The zero-order valence-electron chi connectivity index (χ0n) is 15.5. The first-order chi connectivity index (χ1) is 13.9. The highest BCUT2D eigenvalue weighted by molar-refractivity contribution is 6.31. The quantitative estimate of drug-likeness (QED) is 0.586. The molecule has 0 amide bonds. The second-order valence-corrected chi connectivity index (χ2v) is 6.88. The third-order valence-corrected chi connectivity index (χ3v) is 4.81. The fourth-order valence-corrected chi connectivity index (χ4v) is 3.16. The minimum atomic E-state index is -1.03. The van der Waals surface area contributed by atoms with E-state index in [-0.39, 0.29) is 17.9 Å². The molecule has 0 unspecified atom stereocenters. The lowest BCUT2D eigenvalue weighted by Crippen LogP contribution is -2.24. The molecule has 2 aromatic rings. The lowest BCUT2D eigenvalue weighted by molar-refractivity contribution is 0.0697. The molecule has 6 nitrogen and oxygen atoms in total. The Morgan fingerprint density at radius 3 is 2.55 bits per heavy atom. The van der Waals surface area contributed by atoms with E-state index in [0.29, 0.717) is 28.3 Å². The van der Waals surface area contributed by atoms with E-state index < -0.39 is 5.97 Å². The van der Waals surface area contributed by atoms with Gasteiger partial charge < -0.3 is 15.1 Å². The number of carboxylic acid groups (broad SMARTS) is 1. The molecule has 1 aliphatic rings. The Kier molecular flexibility index (Phi) is 6.01. The number of allylic oxidation sites excluding steroid dienone is 2. The number of rotatable bonds is 4. The third-order valence-electron chi connectivity index (χ3n) is 4.50. The summed E-state index contributed by atoms with van der Waals surface area (Å²) in [6.07, 6.45) is 3.64. The van der Waals surface area contributed by atoms with Gasteiger partial charge in [-0.15, -0.1) is 0 Å². The van der Waals surface area contributed by atoms with Crippen molar-refractivity contribution in [3.05, 3.63) is 86.4 Å². The Bertz CT molecular complexity index is 1110. The maximum absolute atomic E-state index is 11.4. The summed E-state index contributed by atoms with van der Waals surface area (Å²) in [5.74, 6) is 5.04. The molecule has 0 bridgehead atoms. The maximum Gasteiger partial charge on any atom is 0.335 e. The highest BCUT2D eigenvalue weighted by Crippen LogP contribution is 2.27. The van der Waals surface area contributed by atoms with Crippen LogP contribution in [0.5, 0.6) is 5.75 Å². The van der Waals surface area contributed by atoms with Gasteiger partial charge in [-0.1, -0.05) is 34.7 Å². The molecule has 7 heteroatoms. The lowest BCUT2D eigenvalue weighted by Gasteiger charge is -2.26. The van der Waals surface area contributed by atoms with Crippen LogP contribution in [0.1, 0.15) is 27.0 Å². The zero-order chi connectivity index (χ0) is 21.0. The Labute approximate surface area is 172 Å². The topological polar surface area (TPSA) is 90.2 Å². The van der Waals surface area contributed by atoms with E-state index in [4.69, 9.17) is 11.6 Å². The van der Waals surface area contributed by atoms with Gasteiger partial charge in [0.15, 0.2) is 0 Å². The molecule has 0 saturated heterocycles. The standard InChI is InChI=1S/C22H17ClN2O4/c1-25-13-17(6-8-18(25)12-24-29)20-10-16(22(27)28)5-3-14(20)2-4-15-7-9-19(26)11-21(15)23/h3,5-11,26H,12-13H2,1H3,(H,27,28). The zero-order valence-corrected chi connectivity index (χ0v) is 16.3. The summed E-state index contributed by atoms with van der Waals surface area (Å²) >= 11 is 6.12. The Hall–Kier alpha value is -3.56. The van der Waals surface area contributed by atoms with Gasteiger partial charge in [0.2, 0.25) is 0 Å². The van der Waals surface area contributed by atoms with E-state index in [1.54, 1.807) is 24.3 Å². The highest BCUT2D eigenvalue weighted by atomic mass is 35.5. The van der Waals surface area contributed by atoms with Crippen molar-refractivity contribution in [1.82, 2.24) is 4.90 Å². The highest BCUT2D eigenvalue weighted by Gasteiger charge is 2.17. The van der Waals surface area contributed by atoms with Gasteiger partial charge in [-0.3, -0.25) is 0 Å². The molecule has 0 aliphatic carbocycles. The molecule has 0 aromatic heterocycles. The number of hydrogen-bond acceptors (Lipinski definition) is 5. The summed E-state index contributed by atoms with van der Waals surface area (Å²) in [4.78, 5) is 23.9. The summed E-state index contributed by atoms with van der Waals surface area (Å²) in [5, 5.41) is 22.1.